The van der Waals surface area contributed by atoms with E-state index in [2.05, 4.69) is 0 Å². The molecule has 2 rings (SSSR count). The molecule has 0 saturated heterocycles. The van der Waals surface area contributed by atoms with Crippen molar-refractivity contribution in [3.63, 3.8) is 0 Å². The van der Waals surface area contributed by atoms with Gasteiger partial charge < -0.3 is 4.74 Å². The Kier molecular flexibility index (Phi) is 6.40. The Morgan fingerprint density at radius 1 is 1.00 bits per heavy atom. The molecule has 0 N–H and O–H groups in total. The number of alkyl halides is 6. The van der Waals surface area contributed by atoms with Gasteiger partial charge in [-0.2, -0.15) is 26.3 Å². The number of sulfone groups is 2. The number of ether oxygens (including phenoxy) is 1. The third kappa shape index (κ3) is 4.57. The lowest BCUT2D eigenvalue weighted by molar-refractivity contribution is -0.155. The largest absolute Gasteiger partial charge is 0.498 e. The van der Waals surface area contributed by atoms with Gasteiger partial charge in [-0.1, -0.05) is 19.1 Å². The quantitative estimate of drug-likeness (QED) is 0.321. The van der Waals surface area contributed by atoms with Crippen LogP contribution in [0.1, 0.15) is 32.6 Å². The fourth-order valence-electron chi connectivity index (χ4n) is 3.53. The molecule has 0 spiro atoms. The number of rotatable bonds is 7. The Morgan fingerprint density at radius 3 is 1.86 bits per heavy atom. The Labute approximate surface area is 163 Å². The third-order valence-corrected chi connectivity index (χ3v) is 9.69. The summed E-state index contributed by atoms with van der Waals surface area (Å²) in [6.07, 6.45) is 0.873. The molecule has 29 heavy (non-hydrogen) atoms. The van der Waals surface area contributed by atoms with Crippen molar-refractivity contribution in [3.05, 3.63) is 12.2 Å². The molecule has 0 aromatic carbocycles. The van der Waals surface area contributed by atoms with Crippen LogP contribution in [-0.2, 0) is 29.2 Å². The van der Waals surface area contributed by atoms with Crippen LogP contribution in [0.3, 0.4) is 0 Å². The fourth-order valence-corrected chi connectivity index (χ4v) is 7.06. The second kappa shape index (κ2) is 7.75. The van der Waals surface area contributed by atoms with Crippen LogP contribution in [0.4, 0.5) is 26.3 Å². The summed E-state index contributed by atoms with van der Waals surface area (Å²) in [6.45, 7) is 1.22. The highest BCUT2D eigenvalue weighted by molar-refractivity contribution is 8.09. The summed E-state index contributed by atoms with van der Waals surface area (Å²) in [5.74, 6) is -1.63. The molecule has 6 nitrogen and oxygen atoms in total. The van der Waals surface area contributed by atoms with Crippen molar-refractivity contribution in [2.75, 3.05) is 0 Å². The first-order valence-corrected chi connectivity index (χ1v) is 11.6. The number of hydrogen-bond donors (Lipinski definition) is 0. The first kappa shape index (κ1) is 24.0. The highest BCUT2D eigenvalue weighted by Gasteiger charge is 2.63. The molecule has 0 aromatic heterocycles. The van der Waals surface area contributed by atoms with Gasteiger partial charge in [0.15, 0.2) is 4.58 Å². The minimum atomic E-state index is -6.76. The van der Waals surface area contributed by atoms with E-state index in [1.54, 1.807) is 6.08 Å². The summed E-state index contributed by atoms with van der Waals surface area (Å²) < 4.78 is 124. The van der Waals surface area contributed by atoms with Gasteiger partial charge in [0.2, 0.25) is 0 Å². The van der Waals surface area contributed by atoms with Crippen LogP contribution in [0.15, 0.2) is 12.2 Å². The van der Waals surface area contributed by atoms with Crippen LogP contribution >= 0.6 is 0 Å². The normalized spacial score (nSPS) is 26.1. The first-order chi connectivity index (χ1) is 13.0. The van der Waals surface area contributed by atoms with Gasteiger partial charge in [-0.05, 0) is 31.1 Å². The fraction of sp³-hybridized carbons (Fsp3) is 0.800. The topological polar surface area (TPSA) is 94.6 Å². The van der Waals surface area contributed by atoms with E-state index < -0.39 is 59.7 Å². The zero-order valence-electron chi connectivity index (χ0n) is 14.9. The van der Waals surface area contributed by atoms with Gasteiger partial charge >= 0.3 is 17.0 Å². The van der Waals surface area contributed by atoms with Crippen LogP contribution in [-0.4, -0.2) is 44.5 Å². The van der Waals surface area contributed by atoms with Gasteiger partial charge in [0.25, 0.3) is 19.7 Å². The van der Waals surface area contributed by atoms with E-state index in [9.17, 15) is 48.0 Å². The second-order valence-corrected chi connectivity index (χ2v) is 11.5. The minimum absolute atomic E-state index is 0.113. The molecule has 0 radical (unpaired) electrons. The van der Waals surface area contributed by atoms with Crippen molar-refractivity contribution < 1.29 is 52.7 Å². The molecule has 2 bridgehead atoms. The molecule has 2 aliphatic carbocycles. The molecule has 168 valence electrons. The summed E-state index contributed by atoms with van der Waals surface area (Å²) >= 11 is 0. The summed E-state index contributed by atoms with van der Waals surface area (Å²) in [5, 5.41) is 0. The molecule has 14 heteroatoms. The number of hydrogen-bond acceptors (Lipinski definition) is 6. The SMILES string of the molecule is CCC(CC(S(=O)(=O)C(F)(F)F)S(=O)(=O)C(F)(F)F)OC(=O)C1CC2C=CC1C2. The Balaban J connectivity index is 2.29. The van der Waals surface area contributed by atoms with Crippen molar-refractivity contribution in [1.82, 2.24) is 0 Å². The zero-order chi connectivity index (χ0) is 22.4. The zero-order valence-corrected chi connectivity index (χ0v) is 16.5. The standard InChI is InChI=1S/C15H18F6O6S2/c1-2-10(27-13(22)11-6-8-3-4-9(11)5-8)7-12(28(23,24)14(16,17)18)29(25,26)15(19,20)21/h3-4,8-12H,2,5-7H2,1H3. The van der Waals surface area contributed by atoms with E-state index in [0.29, 0.717) is 12.8 Å². The summed E-state index contributed by atoms with van der Waals surface area (Å²) in [4.78, 5) is 12.3. The average molecular weight is 472 g/mol. The predicted molar refractivity (Wildman–Crippen MR) is 87.4 cm³/mol. The number of halogens is 6. The van der Waals surface area contributed by atoms with Crippen LogP contribution in [0.2, 0.25) is 0 Å². The molecular formula is C15H18F6O6S2. The lowest BCUT2D eigenvalue weighted by atomic mass is 9.94. The van der Waals surface area contributed by atoms with E-state index in [1.807, 2.05) is 6.08 Å². The lowest BCUT2D eigenvalue weighted by Crippen LogP contribution is -2.47. The smallest absolute Gasteiger partial charge is 0.462 e. The van der Waals surface area contributed by atoms with Crippen LogP contribution < -0.4 is 0 Å². The number of fused-ring (bicyclic) bond motifs is 2. The van der Waals surface area contributed by atoms with E-state index >= 15 is 0 Å². The number of carbonyl (C=O) groups is 1. The van der Waals surface area contributed by atoms with E-state index in [4.69, 9.17) is 4.74 Å². The Morgan fingerprint density at radius 2 is 1.52 bits per heavy atom. The molecule has 2 aliphatic rings. The maximum atomic E-state index is 12.8. The Hall–Kier alpha value is -1.31. The van der Waals surface area contributed by atoms with Crippen molar-refractivity contribution >= 4 is 25.6 Å². The average Bonchev–Trinajstić information content (AvgIpc) is 3.18. The summed E-state index contributed by atoms with van der Waals surface area (Å²) in [5.41, 5.74) is -12.5. The van der Waals surface area contributed by atoms with E-state index in [-0.39, 0.29) is 18.3 Å². The number of esters is 1. The molecule has 0 heterocycles. The van der Waals surface area contributed by atoms with Crippen LogP contribution in [0.25, 0.3) is 0 Å². The molecule has 0 amide bonds. The van der Waals surface area contributed by atoms with Gasteiger partial charge in [0, 0.05) is 6.42 Å². The molecule has 4 unspecified atom stereocenters. The molecule has 0 aliphatic heterocycles. The summed E-state index contributed by atoms with van der Waals surface area (Å²) in [7, 11) is -13.5. The maximum Gasteiger partial charge on any atom is 0.498 e. The monoisotopic (exact) mass is 472 g/mol. The third-order valence-electron chi connectivity index (χ3n) is 5.11. The minimum Gasteiger partial charge on any atom is -0.462 e. The van der Waals surface area contributed by atoms with E-state index in [1.165, 1.54) is 6.92 Å². The van der Waals surface area contributed by atoms with Gasteiger partial charge in [0.1, 0.15) is 6.10 Å². The summed E-state index contributed by atoms with van der Waals surface area (Å²) in [6, 6.07) is 0. The molecule has 1 saturated carbocycles. The molecule has 4 atom stereocenters. The molecule has 1 fully saturated rings. The van der Waals surface area contributed by atoms with Gasteiger partial charge in [-0.3, -0.25) is 4.79 Å². The second-order valence-electron chi connectivity index (χ2n) is 7.00. The van der Waals surface area contributed by atoms with E-state index in [0.717, 1.165) is 0 Å². The maximum absolute atomic E-state index is 12.8. The van der Waals surface area contributed by atoms with Gasteiger partial charge in [-0.15, -0.1) is 0 Å². The Bertz CT molecular complexity index is 830. The van der Waals surface area contributed by atoms with Crippen molar-refractivity contribution in [2.24, 2.45) is 17.8 Å². The first-order valence-electron chi connectivity index (χ1n) is 8.51. The highest BCUT2D eigenvalue weighted by atomic mass is 32.3. The van der Waals surface area contributed by atoms with Gasteiger partial charge in [-0.25, -0.2) is 16.8 Å². The molecular weight excluding hydrogens is 454 g/mol. The van der Waals surface area contributed by atoms with Gasteiger partial charge in [0.05, 0.1) is 5.92 Å². The predicted octanol–water partition coefficient (Wildman–Crippen LogP) is 3.11. The van der Waals surface area contributed by atoms with Crippen molar-refractivity contribution in [2.45, 2.75) is 54.3 Å². The number of carbonyl (C=O) groups excluding carboxylic acids is 1. The van der Waals surface area contributed by atoms with Crippen LogP contribution in [0.5, 0.6) is 0 Å². The lowest BCUT2D eigenvalue weighted by Gasteiger charge is -2.26. The highest BCUT2D eigenvalue weighted by Crippen LogP contribution is 2.44. The molecule has 0 aromatic rings. The van der Waals surface area contributed by atoms with Crippen LogP contribution in [0, 0.1) is 17.8 Å². The van der Waals surface area contributed by atoms with Crippen molar-refractivity contribution in [1.29, 1.82) is 0 Å². The number of allylic oxidation sites excluding steroid dienone is 2. The van der Waals surface area contributed by atoms with Crippen molar-refractivity contribution in [3.8, 4) is 0 Å².